The van der Waals surface area contributed by atoms with Crippen LogP contribution in [0.15, 0.2) is 15.9 Å². The van der Waals surface area contributed by atoms with Crippen molar-refractivity contribution in [3.8, 4) is 0 Å². The van der Waals surface area contributed by atoms with Crippen LogP contribution in [0.5, 0.6) is 0 Å². The standard InChI is InChI=1S/C9H14N2S2/c1-5-8(11)7(12-2)4-6(10)9(5)13-3/h4H,10-11H2,1-3H3. The van der Waals surface area contributed by atoms with Crippen LogP contribution in [0.4, 0.5) is 11.4 Å². The molecule has 72 valence electrons. The summed E-state index contributed by atoms with van der Waals surface area (Å²) in [6, 6.07) is 1.94. The molecule has 1 aromatic rings. The minimum atomic E-state index is 0.823. The highest BCUT2D eigenvalue weighted by Gasteiger charge is 2.09. The molecule has 0 aliphatic carbocycles. The van der Waals surface area contributed by atoms with Crippen molar-refractivity contribution in [1.82, 2.24) is 0 Å². The zero-order chi connectivity index (χ0) is 10.0. The minimum absolute atomic E-state index is 0.823. The van der Waals surface area contributed by atoms with Gasteiger partial charge in [0.15, 0.2) is 0 Å². The molecule has 0 radical (unpaired) electrons. The Balaban J connectivity index is 3.37. The second kappa shape index (κ2) is 4.15. The molecule has 2 nitrogen and oxygen atoms in total. The molecule has 13 heavy (non-hydrogen) atoms. The van der Waals surface area contributed by atoms with Gasteiger partial charge in [-0.15, -0.1) is 23.5 Å². The predicted molar refractivity (Wildman–Crippen MR) is 63.6 cm³/mol. The maximum Gasteiger partial charge on any atom is 0.0494 e. The molecule has 0 fully saturated rings. The van der Waals surface area contributed by atoms with E-state index in [1.807, 2.05) is 25.5 Å². The molecule has 0 aliphatic rings. The van der Waals surface area contributed by atoms with Crippen molar-refractivity contribution in [3.63, 3.8) is 0 Å². The normalized spacial score (nSPS) is 10.4. The Morgan fingerprint density at radius 3 is 2.23 bits per heavy atom. The Kier molecular flexibility index (Phi) is 3.39. The number of anilines is 2. The Hall–Kier alpha value is -0.480. The molecule has 0 heterocycles. The highest BCUT2D eigenvalue weighted by Crippen LogP contribution is 2.36. The lowest BCUT2D eigenvalue weighted by Crippen LogP contribution is -1.98. The lowest BCUT2D eigenvalue weighted by molar-refractivity contribution is 1.26. The van der Waals surface area contributed by atoms with E-state index in [-0.39, 0.29) is 0 Å². The second-order valence-electron chi connectivity index (χ2n) is 2.74. The number of thioether (sulfide) groups is 2. The monoisotopic (exact) mass is 214 g/mol. The summed E-state index contributed by atoms with van der Waals surface area (Å²) in [7, 11) is 0. The van der Waals surface area contributed by atoms with Crippen LogP contribution in [-0.2, 0) is 0 Å². The summed E-state index contributed by atoms with van der Waals surface area (Å²) in [5, 5.41) is 0. The van der Waals surface area contributed by atoms with Gasteiger partial charge in [-0.3, -0.25) is 0 Å². The van der Waals surface area contributed by atoms with Crippen LogP contribution in [0.1, 0.15) is 5.56 Å². The van der Waals surface area contributed by atoms with Gasteiger partial charge in [0, 0.05) is 21.2 Å². The van der Waals surface area contributed by atoms with Gasteiger partial charge < -0.3 is 11.5 Å². The van der Waals surface area contributed by atoms with Crippen LogP contribution >= 0.6 is 23.5 Å². The Bertz CT molecular complexity index is 324. The molecule has 0 unspecified atom stereocenters. The van der Waals surface area contributed by atoms with Crippen molar-refractivity contribution in [3.05, 3.63) is 11.6 Å². The molecule has 0 amide bonds. The van der Waals surface area contributed by atoms with Gasteiger partial charge in [-0.05, 0) is 31.1 Å². The first-order valence-electron chi connectivity index (χ1n) is 3.88. The highest BCUT2D eigenvalue weighted by atomic mass is 32.2. The third-order valence-electron chi connectivity index (χ3n) is 1.98. The van der Waals surface area contributed by atoms with Crippen LogP contribution in [0.2, 0.25) is 0 Å². The Labute approximate surface area is 87.5 Å². The molecule has 1 rings (SSSR count). The summed E-state index contributed by atoms with van der Waals surface area (Å²) in [6.45, 7) is 2.01. The van der Waals surface area contributed by atoms with E-state index in [0.29, 0.717) is 0 Å². The molecule has 0 saturated carbocycles. The molecular weight excluding hydrogens is 200 g/mol. The molecule has 0 saturated heterocycles. The third kappa shape index (κ3) is 1.89. The fraction of sp³-hybridized carbons (Fsp3) is 0.333. The molecule has 1 aromatic carbocycles. The fourth-order valence-electron chi connectivity index (χ4n) is 1.25. The van der Waals surface area contributed by atoms with Crippen molar-refractivity contribution in [2.24, 2.45) is 0 Å². The number of nitrogen functional groups attached to an aromatic ring is 2. The number of benzene rings is 1. The first kappa shape index (κ1) is 10.6. The van der Waals surface area contributed by atoms with Crippen molar-refractivity contribution >= 4 is 34.9 Å². The maximum absolute atomic E-state index is 5.95. The maximum atomic E-state index is 5.95. The summed E-state index contributed by atoms with van der Waals surface area (Å²) >= 11 is 3.27. The largest absolute Gasteiger partial charge is 0.398 e. The van der Waals surface area contributed by atoms with Crippen molar-refractivity contribution in [2.45, 2.75) is 16.7 Å². The predicted octanol–water partition coefficient (Wildman–Crippen LogP) is 2.60. The van der Waals surface area contributed by atoms with Gasteiger partial charge in [-0.1, -0.05) is 0 Å². The second-order valence-corrected chi connectivity index (χ2v) is 4.40. The molecular formula is C9H14N2S2. The van der Waals surface area contributed by atoms with E-state index in [4.69, 9.17) is 11.5 Å². The van der Waals surface area contributed by atoms with E-state index in [2.05, 4.69) is 0 Å². The zero-order valence-corrected chi connectivity index (χ0v) is 9.68. The van der Waals surface area contributed by atoms with Crippen LogP contribution in [0.3, 0.4) is 0 Å². The summed E-state index contributed by atoms with van der Waals surface area (Å²) < 4.78 is 0. The van der Waals surface area contributed by atoms with Crippen LogP contribution < -0.4 is 11.5 Å². The van der Waals surface area contributed by atoms with Gasteiger partial charge in [-0.2, -0.15) is 0 Å². The van der Waals surface area contributed by atoms with Crippen LogP contribution in [0.25, 0.3) is 0 Å². The van der Waals surface area contributed by atoms with E-state index in [1.54, 1.807) is 23.5 Å². The summed E-state index contributed by atoms with van der Waals surface area (Å²) in [6.07, 6.45) is 4.01. The zero-order valence-electron chi connectivity index (χ0n) is 8.05. The topological polar surface area (TPSA) is 52.0 Å². The Morgan fingerprint density at radius 1 is 1.15 bits per heavy atom. The SMILES string of the molecule is CSc1cc(N)c(SC)c(C)c1N. The average Bonchev–Trinajstić information content (AvgIpc) is 2.12. The van der Waals surface area contributed by atoms with Crippen LogP contribution in [-0.4, -0.2) is 12.5 Å². The summed E-state index contributed by atoms with van der Waals surface area (Å²) in [4.78, 5) is 2.16. The minimum Gasteiger partial charge on any atom is -0.398 e. The van der Waals surface area contributed by atoms with Crippen molar-refractivity contribution < 1.29 is 0 Å². The van der Waals surface area contributed by atoms with Gasteiger partial charge in [0.1, 0.15) is 0 Å². The molecule has 4 N–H and O–H groups in total. The smallest absolute Gasteiger partial charge is 0.0494 e. The number of hydrogen-bond donors (Lipinski definition) is 2. The average molecular weight is 214 g/mol. The van der Waals surface area contributed by atoms with Gasteiger partial charge in [0.05, 0.1) is 0 Å². The quantitative estimate of drug-likeness (QED) is 0.587. The number of rotatable bonds is 2. The molecule has 0 bridgehead atoms. The van der Waals surface area contributed by atoms with E-state index in [1.165, 1.54) is 0 Å². The molecule has 0 aliphatic heterocycles. The molecule has 0 spiro atoms. The van der Waals surface area contributed by atoms with E-state index in [9.17, 15) is 0 Å². The molecule has 4 heteroatoms. The fourth-order valence-corrected chi connectivity index (χ4v) is 2.58. The van der Waals surface area contributed by atoms with Crippen LogP contribution in [0, 0.1) is 6.92 Å². The van der Waals surface area contributed by atoms with Gasteiger partial charge in [-0.25, -0.2) is 0 Å². The van der Waals surface area contributed by atoms with Gasteiger partial charge >= 0.3 is 0 Å². The van der Waals surface area contributed by atoms with Gasteiger partial charge in [0.2, 0.25) is 0 Å². The van der Waals surface area contributed by atoms with Crippen molar-refractivity contribution in [1.29, 1.82) is 0 Å². The number of hydrogen-bond acceptors (Lipinski definition) is 4. The lowest BCUT2D eigenvalue weighted by Gasteiger charge is -2.12. The number of nitrogens with two attached hydrogens (primary N) is 2. The summed E-state index contributed by atoms with van der Waals surface area (Å²) in [5.74, 6) is 0. The molecule has 0 aromatic heterocycles. The first-order valence-corrected chi connectivity index (χ1v) is 6.33. The third-order valence-corrected chi connectivity index (χ3v) is 3.71. The van der Waals surface area contributed by atoms with E-state index < -0.39 is 0 Å². The first-order chi connectivity index (χ1) is 6.11. The van der Waals surface area contributed by atoms with Crippen molar-refractivity contribution in [2.75, 3.05) is 24.0 Å². The highest BCUT2D eigenvalue weighted by molar-refractivity contribution is 7.99. The van der Waals surface area contributed by atoms with E-state index in [0.717, 1.165) is 26.7 Å². The summed E-state index contributed by atoms with van der Waals surface area (Å²) in [5.41, 5.74) is 14.6. The van der Waals surface area contributed by atoms with Gasteiger partial charge in [0.25, 0.3) is 0 Å². The lowest BCUT2D eigenvalue weighted by atomic mass is 10.2. The Morgan fingerprint density at radius 2 is 1.77 bits per heavy atom. The molecule has 0 atom stereocenters. The van der Waals surface area contributed by atoms with E-state index >= 15 is 0 Å².